The number of aliphatic hydroxyl groups excluding tert-OH is 1. The van der Waals surface area contributed by atoms with E-state index in [2.05, 4.69) is 33.8 Å². The van der Waals surface area contributed by atoms with Crippen molar-refractivity contribution >= 4 is 0 Å². The van der Waals surface area contributed by atoms with Crippen molar-refractivity contribution in [2.75, 3.05) is 0 Å². The van der Waals surface area contributed by atoms with Crippen LogP contribution in [0.3, 0.4) is 0 Å². The molecule has 1 fully saturated rings. The van der Waals surface area contributed by atoms with E-state index in [9.17, 15) is 18.3 Å². The minimum atomic E-state index is -4.37. The van der Waals surface area contributed by atoms with Gasteiger partial charge in [0.15, 0.2) is 0 Å². The molecule has 5 heteroatoms. The molecular weight excluding hydrogens is 461 g/mol. The second-order valence-corrected chi connectivity index (χ2v) is 12.9. The fourth-order valence-electron chi connectivity index (χ4n) is 8.69. The number of ether oxygens (including phenoxy) is 1. The van der Waals surface area contributed by atoms with Crippen molar-refractivity contribution in [2.24, 2.45) is 28.1 Å². The number of allylic oxidation sites excluding steroid dienone is 4. The maximum absolute atomic E-state index is 13.4. The van der Waals surface area contributed by atoms with Gasteiger partial charge in [0.2, 0.25) is 0 Å². The van der Waals surface area contributed by atoms with Crippen molar-refractivity contribution in [1.82, 2.24) is 0 Å². The molecule has 0 aliphatic heterocycles. The van der Waals surface area contributed by atoms with Gasteiger partial charge in [-0.1, -0.05) is 57.5 Å². The SMILES string of the molecule is C[C@@H](OCc1ccccc1C(F)(F)F)[C@H]1CC=C2C3=C(CC[C@@]21C)[C@@]1(C)CC[C@H](O)C(C)(C)[C@@H]1CC3. The van der Waals surface area contributed by atoms with Gasteiger partial charge in [0.1, 0.15) is 0 Å². The maximum Gasteiger partial charge on any atom is 0.416 e. The second kappa shape index (κ2) is 8.73. The number of hydrogen-bond acceptors (Lipinski definition) is 2. The zero-order chi connectivity index (χ0) is 26.1. The Morgan fingerprint density at radius 3 is 2.47 bits per heavy atom. The molecule has 0 unspecified atom stereocenters. The third-order valence-corrected chi connectivity index (χ3v) is 10.8. The highest BCUT2D eigenvalue weighted by Gasteiger charge is 2.57. The van der Waals surface area contributed by atoms with Gasteiger partial charge in [-0.2, -0.15) is 13.2 Å². The summed E-state index contributed by atoms with van der Waals surface area (Å²) in [7, 11) is 0. The molecule has 0 bridgehead atoms. The average molecular weight is 503 g/mol. The van der Waals surface area contributed by atoms with Crippen LogP contribution in [0, 0.1) is 28.1 Å². The van der Waals surface area contributed by atoms with E-state index in [4.69, 9.17) is 4.74 Å². The lowest BCUT2D eigenvalue weighted by molar-refractivity contribution is -0.139. The van der Waals surface area contributed by atoms with Crippen molar-refractivity contribution in [2.45, 2.75) is 105 Å². The third-order valence-electron chi connectivity index (χ3n) is 10.8. The summed E-state index contributed by atoms with van der Waals surface area (Å²) in [6, 6.07) is 5.74. The Bertz CT molecular complexity index is 1080. The smallest absolute Gasteiger partial charge is 0.393 e. The standard InChI is InChI=1S/C31H41F3O2/c1-19(36-18-20-8-6-7-9-23(20)31(32,33)34)22-11-12-24-21-10-13-26-28(2,3)27(35)15-17-30(26,5)25(21)14-16-29(22,24)4/h6-9,12,19,22,26-27,35H,10-11,13-18H2,1-5H3/t19-,22-,26+,27+,29-,30-/m1/s1. The summed E-state index contributed by atoms with van der Waals surface area (Å²) >= 11 is 0. The topological polar surface area (TPSA) is 29.5 Å². The lowest BCUT2D eigenvalue weighted by Gasteiger charge is -2.59. The van der Waals surface area contributed by atoms with E-state index in [1.165, 1.54) is 17.7 Å². The van der Waals surface area contributed by atoms with Crippen molar-refractivity contribution in [1.29, 1.82) is 0 Å². The van der Waals surface area contributed by atoms with E-state index < -0.39 is 11.7 Å². The molecule has 0 radical (unpaired) electrons. The van der Waals surface area contributed by atoms with Crippen LogP contribution in [-0.4, -0.2) is 17.3 Å². The molecular formula is C31H41F3O2. The maximum atomic E-state index is 13.4. The highest BCUT2D eigenvalue weighted by Crippen LogP contribution is 2.66. The number of hydrogen-bond donors (Lipinski definition) is 1. The predicted molar refractivity (Wildman–Crippen MR) is 136 cm³/mol. The van der Waals surface area contributed by atoms with Gasteiger partial charge in [0.05, 0.1) is 24.4 Å². The van der Waals surface area contributed by atoms with E-state index in [0.29, 0.717) is 5.92 Å². The second-order valence-electron chi connectivity index (χ2n) is 12.9. The fraction of sp³-hybridized carbons (Fsp3) is 0.677. The minimum Gasteiger partial charge on any atom is -0.393 e. The van der Waals surface area contributed by atoms with Crippen LogP contribution in [0.5, 0.6) is 0 Å². The first-order chi connectivity index (χ1) is 16.8. The first-order valence-electron chi connectivity index (χ1n) is 13.7. The molecule has 6 atom stereocenters. The Balaban J connectivity index is 1.36. The molecule has 36 heavy (non-hydrogen) atoms. The number of rotatable bonds is 4. The zero-order valence-electron chi connectivity index (χ0n) is 22.3. The number of alkyl halides is 3. The number of benzene rings is 1. The summed E-state index contributed by atoms with van der Waals surface area (Å²) in [5.74, 6) is 0.750. The van der Waals surface area contributed by atoms with Crippen LogP contribution < -0.4 is 0 Å². The lowest BCUT2D eigenvalue weighted by atomic mass is 9.46. The van der Waals surface area contributed by atoms with Crippen LogP contribution in [-0.2, 0) is 17.5 Å². The molecule has 2 nitrogen and oxygen atoms in total. The summed E-state index contributed by atoms with van der Waals surface area (Å²) in [6.07, 6.45) is 4.79. The quantitative estimate of drug-likeness (QED) is 0.449. The average Bonchev–Trinajstić information content (AvgIpc) is 3.17. The van der Waals surface area contributed by atoms with E-state index in [1.807, 2.05) is 6.92 Å². The Morgan fingerprint density at radius 2 is 1.75 bits per heavy atom. The summed E-state index contributed by atoms with van der Waals surface area (Å²) in [5.41, 5.74) is 4.30. The molecule has 1 N–H and O–H groups in total. The number of fused-ring (bicyclic) bond motifs is 4. The summed E-state index contributed by atoms with van der Waals surface area (Å²) in [4.78, 5) is 0. The largest absolute Gasteiger partial charge is 0.416 e. The van der Waals surface area contributed by atoms with Gasteiger partial charge in [0, 0.05) is 0 Å². The molecule has 1 aromatic carbocycles. The van der Waals surface area contributed by atoms with E-state index in [0.717, 1.165) is 51.0 Å². The first-order valence-corrected chi connectivity index (χ1v) is 13.7. The molecule has 4 aliphatic carbocycles. The molecule has 0 heterocycles. The molecule has 4 aliphatic rings. The predicted octanol–water partition coefficient (Wildman–Crippen LogP) is 8.25. The fourth-order valence-corrected chi connectivity index (χ4v) is 8.69. The highest BCUT2D eigenvalue weighted by atomic mass is 19.4. The summed E-state index contributed by atoms with van der Waals surface area (Å²) in [5, 5.41) is 10.8. The van der Waals surface area contributed by atoms with Crippen LogP contribution in [0.4, 0.5) is 13.2 Å². The van der Waals surface area contributed by atoms with Gasteiger partial charge >= 0.3 is 6.18 Å². The van der Waals surface area contributed by atoms with Crippen LogP contribution in [0.25, 0.3) is 0 Å². The van der Waals surface area contributed by atoms with Gasteiger partial charge in [-0.15, -0.1) is 0 Å². The van der Waals surface area contributed by atoms with E-state index in [-0.39, 0.29) is 46.5 Å². The minimum absolute atomic E-state index is 0.00527. The summed E-state index contributed by atoms with van der Waals surface area (Å²) in [6.45, 7) is 11.3. The van der Waals surface area contributed by atoms with Gasteiger partial charge in [0.25, 0.3) is 0 Å². The van der Waals surface area contributed by atoms with Crippen LogP contribution in [0.2, 0.25) is 0 Å². The molecule has 5 rings (SSSR count). The molecule has 0 spiro atoms. The Hall–Kier alpha value is -1.59. The van der Waals surface area contributed by atoms with Crippen LogP contribution in [0.15, 0.2) is 47.1 Å². The molecule has 198 valence electrons. The zero-order valence-corrected chi connectivity index (χ0v) is 22.3. The third kappa shape index (κ3) is 3.91. The summed E-state index contributed by atoms with van der Waals surface area (Å²) < 4.78 is 46.5. The number of aliphatic hydroxyl groups is 1. The molecule has 0 saturated heterocycles. The Labute approximate surface area is 214 Å². The van der Waals surface area contributed by atoms with Gasteiger partial charge in [-0.05, 0) is 103 Å². The lowest BCUT2D eigenvalue weighted by Crippen LogP contribution is -2.53. The van der Waals surface area contributed by atoms with Crippen molar-refractivity contribution in [3.63, 3.8) is 0 Å². The number of halogens is 3. The molecule has 1 aromatic rings. The highest BCUT2D eigenvalue weighted by molar-refractivity contribution is 5.50. The van der Waals surface area contributed by atoms with Crippen molar-refractivity contribution in [3.8, 4) is 0 Å². The Kier molecular flexibility index (Phi) is 6.31. The first kappa shape index (κ1) is 26.0. The van der Waals surface area contributed by atoms with Crippen molar-refractivity contribution < 1.29 is 23.0 Å². The van der Waals surface area contributed by atoms with Gasteiger partial charge in [-0.3, -0.25) is 0 Å². The molecule has 1 saturated carbocycles. The van der Waals surface area contributed by atoms with Crippen LogP contribution >= 0.6 is 0 Å². The molecule has 0 aromatic heterocycles. The van der Waals surface area contributed by atoms with Gasteiger partial charge < -0.3 is 9.84 Å². The van der Waals surface area contributed by atoms with Crippen LogP contribution in [0.1, 0.15) is 90.7 Å². The van der Waals surface area contributed by atoms with E-state index in [1.54, 1.807) is 17.2 Å². The molecule has 0 amide bonds. The monoisotopic (exact) mass is 502 g/mol. The Morgan fingerprint density at radius 1 is 1.03 bits per heavy atom. The van der Waals surface area contributed by atoms with E-state index >= 15 is 0 Å². The van der Waals surface area contributed by atoms with Crippen molar-refractivity contribution in [3.05, 3.63) is 58.2 Å². The van der Waals surface area contributed by atoms with Gasteiger partial charge in [-0.25, -0.2) is 0 Å². The normalized spacial score (nSPS) is 36.6.